The largest absolute Gasteiger partial charge is 0.450 e. The van der Waals surface area contributed by atoms with Crippen molar-refractivity contribution in [1.29, 1.82) is 0 Å². The first-order valence-electron chi connectivity index (χ1n) is 18.4. The number of nitrogens with zero attached hydrogens (tertiary/aromatic N) is 1. The maximum absolute atomic E-state index is 13.7. The van der Waals surface area contributed by atoms with E-state index in [-0.39, 0.29) is 61.1 Å². The number of nitro groups is 1. The number of primary amides is 1. The van der Waals surface area contributed by atoms with Gasteiger partial charge in [-0.25, -0.2) is 9.59 Å². The zero-order chi connectivity index (χ0) is 43.6. The number of non-ortho nitro benzene ring substituents is 1. The van der Waals surface area contributed by atoms with Crippen molar-refractivity contribution in [2.45, 2.75) is 55.9 Å². The van der Waals surface area contributed by atoms with E-state index in [0.29, 0.717) is 0 Å². The van der Waals surface area contributed by atoms with Gasteiger partial charge in [-0.3, -0.25) is 29.1 Å². The first kappa shape index (κ1) is 44.1. The van der Waals surface area contributed by atoms with E-state index in [1.165, 1.54) is 18.2 Å². The zero-order valence-electron chi connectivity index (χ0n) is 32.2. The number of anilines is 1. The summed E-state index contributed by atoms with van der Waals surface area (Å²) in [6.07, 6.45) is -2.60. The Kier molecular flexibility index (Phi) is 14.4. The molecule has 60 heavy (non-hydrogen) atoms. The molecule has 316 valence electrons. The fourth-order valence-corrected chi connectivity index (χ4v) is 7.33. The maximum atomic E-state index is 13.7. The molecule has 0 fully saturated rings. The molecule has 0 heterocycles. The number of hydrogen-bond donors (Lipinski definition) is 6. The molecule has 0 spiro atoms. The molecule has 20 heteroatoms. The van der Waals surface area contributed by atoms with Crippen LogP contribution < -0.4 is 31.7 Å². The molecule has 3 atom stereocenters. The van der Waals surface area contributed by atoms with Crippen LogP contribution in [-0.2, 0) is 34.0 Å². The SMILES string of the molecule is CC(C)[C@H](NC(=O)OCC1c2ccccc2-c2ccccc21)C(=O)N[C@@H](CCCNC(N)=O)C(=O)Nc1ccc(C(OC=O)Oc2ccc([N+](=O)[O-])cc2)c(S(=O)(=O)O)c1. The van der Waals surface area contributed by atoms with Crippen molar-refractivity contribution in [3.8, 4) is 16.9 Å². The van der Waals surface area contributed by atoms with Crippen molar-refractivity contribution >= 4 is 51.9 Å². The van der Waals surface area contributed by atoms with Gasteiger partial charge in [-0.1, -0.05) is 62.4 Å². The van der Waals surface area contributed by atoms with Crippen LogP contribution in [0.1, 0.15) is 55.6 Å². The van der Waals surface area contributed by atoms with Crippen LogP contribution in [0.3, 0.4) is 0 Å². The van der Waals surface area contributed by atoms with Gasteiger partial charge in [0.1, 0.15) is 29.3 Å². The van der Waals surface area contributed by atoms with Crippen molar-refractivity contribution in [3.63, 3.8) is 0 Å². The minimum atomic E-state index is -5.09. The Morgan fingerprint density at radius 1 is 0.917 bits per heavy atom. The second-order valence-corrected chi connectivity index (χ2v) is 15.2. The lowest BCUT2D eigenvalue weighted by atomic mass is 9.98. The van der Waals surface area contributed by atoms with Gasteiger partial charge in [0.2, 0.25) is 11.8 Å². The highest BCUT2D eigenvalue weighted by molar-refractivity contribution is 7.85. The fourth-order valence-electron chi connectivity index (χ4n) is 6.59. The Balaban J connectivity index is 1.31. The Morgan fingerprint density at radius 2 is 1.55 bits per heavy atom. The summed E-state index contributed by atoms with van der Waals surface area (Å²) >= 11 is 0. The molecule has 0 radical (unpaired) electrons. The number of rotatable bonds is 19. The summed E-state index contributed by atoms with van der Waals surface area (Å²) in [5, 5.41) is 21.1. The number of nitrogens with one attached hydrogen (secondary N) is 4. The lowest BCUT2D eigenvalue weighted by molar-refractivity contribution is -0.384. The number of carbonyl (C=O) groups is 5. The van der Waals surface area contributed by atoms with Crippen LogP contribution in [0.4, 0.5) is 21.0 Å². The van der Waals surface area contributed by atoms with Gasteiger partial charge in [0.05, 0.1) is 10.5 Å². The number of alkyl carbamates (subject to hydrolysis) is 1. The Bertz CT molecular complexity index is 2310. The summed E-state index contributed by atoms with van der Waals surface area (Å²) in [6.45, 7) is 3.30. The number of amides is 5. The molecular formula is C40H42N6O13S. The summed E-state index contributed by atoms with van der Waals surface area (Å²) in [6, 6.07) is 19.9. The molecule has 0 saturated heterocycles. The lowest BCUT2D eigenvalue weighted by Crippen LogP contribution is -2.54. The molecular weight excluding hydrogens is 805 g/mol. The molecule has 1 aliphatic rings. The van der Waals surface area contributed by atoms with E-state index < -0.39 is 68.2 Å². The topological polar surface area (TPSA) is 285 Å². The average Bonchev–Trinajstić information content (AvgIpc) is 3.53. The van der Waals surface area contributed by atoms with Crippen LogP contribution in [0, 0.1) is 16.0 Å². The summed E-state index contributed by atoms with van der Waals surface area (Å²) in [5.41, 5.74) is 8.36. The highest BCUT2D eigenvalue weighted by Gasteiger charge is 2.33. The summed E-state index contributed by atoms with van der Waals surface area (Å²) in [4.78, 5) is 72.8. The van der Waals surface area contributed by atoms with Gasteiger partial charge in [-0.05, 0) is 71.3 Å². The van der Waals surface area contributed by atoms with Crippen molar-refractivity contribution in [3.05, 3.63) is 118 Å². The first-order chi connectivity index (χ1) is 28.6. The van der Waals surface area contributed by atoms with E-state index in [2.05, 4.69) is 21.3 Å². The van der Waals surface area contributed by atoms with Gasteiger partial charge < -0.3 is 41.2 Å². The molecule has 7 N–H and O–H groups in total. The molecule has 19 nitrogen and oxygen atoms in total. The third-order valence-corrected chi connectivity index (χ3v) is 10.4. The monoisotopic (exact) mass is 846 g/mol. The minimum Gasteiger partial charge on any atom is -0.450 e. The normalized spacial score (nSPS) is 13.4. The van der Waals surface area contributed by atoms with E-state index >= 15 is 0 Å². The number of hydrogen-bond acceptors (Lipinski definition) is 12. The summed E-state index contributed by atoms with van der Waals surface area (Å²) < 4.78 is 51.4. The molecule has 0 bridgehead atoms. The van der Waals surface area contributed by atoms with Gasteiger partial charge in [-0.15, -0.1) is 0 Å². The van der Waals surface area contributed by atoms with Gasteiger partial charge >= 0.3 is 12.1 Å². The molecule has 1 aliphatic carbocycles. The van der Waals surface area contributed by atoms with E-state index in [1.807, 2.05) is 48.5 Å². The standard InChI is InChI=1S/C40H42N6O13S/c1-23(2)35(45-40(51)57-21-32-29-10-5-3-8-27(29)28-9-4-6-11-30(28)32)37(49)44-33(12-7-19-42-39(41)50)36(48)43-24-13-18-31(34(20-24)60(54,55)56)38(58-22-47)59-26-16-14-25(15-17-26)46(52)53/h3-6,8-11,13-18,20,22-23,32-33,35,38H,7,12,19,21H2,1-2H3,(H,43,48)(H,44,49)(H,45,51)(H3,41,42,50)(H,54,55,56)/t33-,35-,38?/m0/s1. The van der Waals surface area contributed by atoms with Gasteiger partial charge in [-0.2, -0.15) is 8.42 Å². The average molecular weight is 847 g/mol. The van der Waals surface area contributed by atoms with Crippen LogP contribution in [0.15, 0.2) is 95.9 Å². The Morgan fingerprint density at radius 3 is 2.12 bits per heavy atom. The first-order valence-corrected chi connectivity index (χ1v) is 19.9. The molecule has 0 saturated carbocycles. The van der Waals surface area contributed by atoms with E-state index in [0.717, 1.165) is 46.5 Å². The highest BCUT2D eigenvalue weighted by atomic mass is 32.2. The second kappa shape index (κ2) is 19.6. The lowest BCUT2D eigenvalue weighted by Gasteiger charge is -2.25. The number of ether oxygens (including phenoxy) is 3. The van der Waals surface area contributed by atoms with E-state index in [1.54, 1.807) is 13.8 Å². The highest BCUT2D eigenvalue weighted by Crippen LogP contribution is 2.44. The maximum Gasteiger partial charge on any atom is 0.407 e. The third kappa shape index (κ3) is 11.1. The van der Waals surface area contributed by atoms with E-state index in [9.17, 15) is 47.1 Å². The summed E-state index contributed by atoms with van der Waals surface area (Å²) in [5.74, 6) is -2.41. The molecule has 1 unspecified atom stereocenters. The van der Waals surface area contributed by atoms with Crippen molar-refractivity contribution in [2.24, 2.45) is 11.7 Å². The van der Waals surface area contributed by atoms with Crippen LogP contribution >= 0.6 is 0 Å². The van der Waals surface area contributed by atoms with Crippen LogP contribution in [-0.4, -0.2) is 73.5 Å². The Labute approximate surface area is 343 Å². The van der Waals surface area contributed by atoms with Crippen LogP contribution in [0.2, 0.25) is 0 Å². The molecule has 4 aromatic rings. The van der Waals surface area contributed by atoms with Crippen LogP contribution in [0.5, 0.6) is 5.75 Å². The number of nitrogens with two attached hydrogens (primary N) is 1. The Hall–Kier alpha value is -7.06. The van der Waals surface area contributed by atoms with E-state index in [4.69, 9.17) is 19.9 Å². The minimum absolute atomic E-state index is 0.0142. The van der Waals surface area contributed by atoms with Gasteiger partial charge in [0, 0.05) is 30.3 Å². The molecule has 5 amide bonds. The molecule has 4 aromatic carbocycles. The quantitative estimate of drug-likeness (QED) is 0.0189. The number of carbonyl (C=O) groups excluding carboxylic acids is 5. The van der Waals surface area contributed by atoms with Crippen molar-refractivity contribution < 1.29 is 56.1 Å². The van der Waals surface area contributed by atoms with Crippen LogP contribution in [0.25, 0.3) is 11.1 Å². The van der Waals surface area contributed by atoms with Gasteiger partial charge in [0.15, 0.2) is 0 Å². The smallest absolute Gasteiger partial charge is 0.407 e. The summed E-state index contributed by atoms with van der Waals surface area (Å²) in [7, 11) is -5.09. The molecule has 5 rings (SSSR count). The van der Waals surface area contributed by atoms with Crippen molar-refractivity contribution in [1.82, 2.24) is 16.0 Å². The molecule has 0 aliphatic heterocycles. The number of fused-ring (bicyclic) bond motifs is 3. The molecule has 0 aromatic heterocycles. The predicted octanol–water partition coefficient (Wildman–Crippen LogP) is 4.53. The number of benzene rings is 4. The second-order valence-electron chi connectivity index (χ2n) is 13.8. The zero-order valence-corrected chi connectivity index (χ0v) is 33.0. The van der Waals surface area contributed by atoms with Crippen molar-refractivity contribution in [2.75, 3.05) is 18.5 Å². The fraction of sp³-hybridized carbons (Fsp3) is 0.275. The number of nitro benzene ring substituents is 1. The predicted molar refractivity (Wildman–Crippen MR) is 214 cm³/mol. The van der Waals surface area contributed by atoms with Gasteiger partial charge in [0.25, 0.3) is 28.6 Å². The number of urea groups is 1. The third-order valence-electron chi connectivity index (χ3n) is 9.45.